The topological polar surface area (TPSA) is 100 Å². The quantitative estimate of drug-likeness (QED) is 0.110. The number of carbonyl (C=O) groups is 1. The van der Waals surface area contributed by atoms with Crippen molar-refractivity contribution in [2.45, 2.75) is 6.92 Å². The summed E-state index contributed by atoms with van der Waals surface area (Å²) in [6.07, 6.45) is 5.06. The molecule has 0 spiro atoms. The second-order valence-corrected chi connectivity index (χ2v) is 5.88. The molecule has 0 aromatic heterocycles. The molecule has 0 aliphatic carbocycles. The molecule has 10 heteroatoms. The second kappa shape index (κ2) is 26.7. The number of esters is 1. The molecule has 0 atom stereocenters. The van der Waals surface area contributed by atoms with Crippen LogP contribution in [0, 0.1) is 12.3 Å². The van der Waals surface area contributed by atoms with Gasteiger partial charge in [0.25, 0.3) is 0 Å². The van der Waals surface area contributed by atoms with Crippen LogP contribution in [0.25, 0.3) is 0 Å². The molecule has 0 bridgehead atoms. The number of ether oxygens (including phenoxy) is 9. The van der Waals surface area contributed by atoms with Gasteiger partial charge in [0.1, 0.15) is 13.2 Å². The fraction of sp³-hybridized carbons (Fsp3) is 0.857. The van der Waals surface area contributed by atoms with Gasteiger partial charge >= 0.3 is 5.97 Å². The van der Waals surface area contributed by atoms with Gasteiger partial charge in [-0.25, -0.2) is 0 Å². The SMILES string of the molecule is C#CCOCCOCCOCCOCCOCCOCCOCCOCCOC(C)=O. The Balaban J connectivity index is 3.01. The molecule has 0 unspecified atom stereocenters. The van der Waals surface area contributed by atoms with Gasteiger partial charge in [-0.05, 0) is 0 Å². The van der Waals surface area contributed by atoms with Gasteiger partial charge in [0, 0.05) is 6.92 Å². The van der Waals surface area contributed by atoms with Crippen LogP contribution in [0.4, 0.5) is 0 Å². The van der Waals surface area contributed by atoms with Crippen LogP contribution in [0.1, 0.15) is 6.92 Å². The molecule has 0 aliphatic heterocycles. The zero-order valence-electron chi connectivity index (χ0n) is 18.7. The molecule has 0 heterocycles. The van der Waals surface area contributed by atoms with E-state index in [1.807, 2.05) is 0 Å². The summed E-state index contributed by atoms with van der Waals surface area (Å²) in [5.41, 5.74) is 0. The van der Waals surface area contributed by atoms with Crippen molar-refractivity contribution in [3.63, 3.8) is 0 Å². The lowest BCUT2D eigenvalue weighted by Gasteiger charge is -2.08. The normalized spacial score (nSPS) is 10.8. The zero-order valence-corrected chi connectivity index (χ0v) is 18.7. The Hall–Kier alpha value is -1.29. The maximum Gasteiger partial charge on any atom is 0.302 e. The summed E-state index contributed by atoms with van der Waals surface area (Å²) in [5, 5.41) is 0. The molecule has 10 nitrogen and oxygen atoms in total. The molecule has 0 rings (SSSR count). The van der Waals surface area contributed by atoms with E-state index in [9.17, 15) is 4.79 Å². The van der Waals surface area contributed by atoms with Gasteiger partial charge < -0.3 is 42.6 Å². The summed E-state index contributed by atoms with van der Waals surface area (Å²) in [6, 6.07) is 0. The van der Waals surface area contributed by atoms with Crippen LogP contribution >= 0.6 is 0 Å². The molecule has 0 aromatic carbocycles. The summed E-state index contributed by atoms with van der Waals surface area (Å²) in [7, 11) is 0. The lowest BCUT2D eigenvalue weighted by atomic mass is 10.6. The van der Waals surface area contributed by atoms with Crippen LogP contribution < -0.4 is 0 Å². The van der Waals surface area contributed by atoms with Crippen molar-refractivity contribution in [2.75, 3.05) is 112 Å². The highest BCUT2D eigenvalue weighted by atomic mass is 16.6. The minimum absolute atomic E-state index is 0.262. The first-order chi connectivity index (χ1) is 15.3. The van der Waals surface area contributed by atoms with Crippen molar-refractivity contribution >= 4 is 5.97 Å². The summed E-state index contributed by atoms with van der Waals surface area (Å²) < 4.78 is 47.2. The fourth-order valence-corrected chi connectivity index (χ4v) is 1.91. The Bertz CT molecular complexity index is 413. The molecule has 0 N–H and O–H groups in total. The van der Waals surface area contributed by atoms with Gasteiger partial charge in [-0.2, -0.15) is 0 Å². The Morgan fingerprint density at radius 3 is 1.03 bits per heavy atom. The number of hydrogen-bond donors (Lipinski definition) is 0. The third kappa shape index (κ3) is 28.7. The van der Waals surface area contributed by atoms with Gasteiger partial charge in [0.05, 0.1) is 99.1 Å². The first kappa shape index (κ1) is 29.7. The van der Waals surface area contributed by atoms with E-state index in [-0.39, 0.29) is 12.6 Å². The van der Waals surface area contributed by atoms with Crippen LogP contribution in [-0.2, 0) is 47.4 Å². The Morgan fingerprint density at radius 2 is 0.774 bits per heavy atom. The number of rotatable bonds is 25. The van der Waals surface area contributed by atoms with E-state index >= 15 is 0 Å². The maximum absolute atomic E-state index is 10.5. The summed E-state index contributed by atoms with van der Waals surface area (Å²) >= 11 is 0. The van der Waals surface area contributed by atoms with Crippen molar-refractivity contribution in [1.29, 1.82) is 0 Å². The summed E-state index contributed by atoms with van der Waals surface area (Å²) in [6.45, 7) is 9.25. The zero-order chi connectivity index (χ0) is 22.7. The van der Waals surface area contributed by atoms with Crippen LogP contribution in [0.15, 0.2) is 0 Å². The van der Waals surface area contributed by atoms with Crippen LogP contribution in [0.3, 0.4) is 0 Å². The van der Waals surface area contributed by atoms with Crippen LogP contribution in [-0.4, -0.2) is 118 Å². The summed E-state index contributed by atoms with van der Waals surface area (Å²) in [4.78, 5) is 10.5. The lowest BCUT2D eigenvalue weighted by Crippen LogP contribution is -2.15. The van der Waals surface area contributed by atoms with Crippen LogP contribution in [0.5, 0.6) is 0 Å². The maximum atomic E-state index is 10.5. The first-order valence-electron chi connectivity index (χ1n) is 10.5. The molecular weight excluding hydrogens is 412 g/mol. The highest BCUT2D eigenvalue weighted by molar-refractivity contribution is 5.65. The number of hydrogen-bond acceptors (Lipinski definition) is 10. The van der Waals surface area contributed by atoms with E-state index in [2.05, 4.69) is 5.92 Å². The molecule has 0 amide bonds. The van der Waals surface area contributed by atoms with E-state index < -0.39 is 0 Å². The van der Waals surface area contributed by atoms with E-state index in [0.717, 1.165) is 0 Å². The van der Waals surface area contributed by atoms with Crippen molar-refractivity contribution in [3.8, 4) is 12.3 Å². The van der Waals surface area contributed by atoms with Gasteiger partial charge in [-0.3, -0.25) is 4.79 Å². The van der Waals surface area contributed by atoms with E-state index in [1.54, 1.807) is 0 Å². The Kier molecular flexibility index (Phi) is 25.6. The molecule has 182 valence electrons. The first-order valence-corrected chi connectivity index (χ1v) is 10.5. The average Bonchev–Trinajstić information content (AvgIpc) is 2.76. The minimum Gasteiger partial charge on any atom is -0.463 e. The third-order valence-corrected chi connectivity index (χ3v) is 3.32. The van der Waals surface area contributed by atoms with E-state index in [1.165, 1.54) is 6.92 Å². The molecule has 0 aliphatic rings. The number of terminal acetylenes is 1. The molecule has 0 aromatic rings. The van der Waals surface area contributed by atoms with Gasteiger partial charge in [-0.15, -0.1) is 6.42 Å². The Morgan fingerprint density at radius 1 is 0.516 bits per heavy atom. The second-order valence-electron chi connectivity index (χ2n) is 5.88. The highest BCUT2D eigenvalue weighted by Crippen LogP contribution is 1.86. The standard InChI is InChI=1S/C21H38O10/c1-3-4-23-5-6-24-7-8-25-9-10-26-11-12-27-13-14-28-15-16-29-17-18-30-19-20-31-21(2)22/h1H,4-20H2,2H3. The molecule has 0 fully saturated rings. The predicted octanol–water partition coefficient (Wildman–Crippen LogP) is 0.316. The third-order valence-electron chi connectivity index (χ3n) is 3.32. The van der Waals surface area contributed by atoms with Crippen molar-refractivity contribution in [1.82, 2.24) is 0 Å². The van der Waals surface area contributed by atoms with Crippen LogP contribution in [0.2, 0.25) is 0 Å². The summed E-state index contributed by atoms with van der Waals surface area (Å²) in [5.74, 6) is 2.08. The van der Waals surface area contributed by atoms with E-state index in [4.69, 9.17) is 49.1 Å². The smallest absolute Gasteiger partial charge is 0.302 e. The minimum atomic E-state index is -0.309. The number of carbonyl (C=O) groups excluding carboxylic acids is 1. The molecule has 0 saturated heterocycles. The molecule has 0 radical (unpaired) electrons. The van der Waals surface area contributed by atoms with Gasteiger partial charge in [0.15, 0.2) is 0 Å². The molecule has 31 heavy (non-hydrogen) atoms. The highest BCUT2D eigenvalue weighted by Gasteiger charge is 1.95. The molecule has 0 saturated carbocycles. The van der Waals surface area contributed by atoms with E-state index in [0.29, 0.717) is 106 Å². The van der Waals surface area contributed by atoms with Crippen molar-refractivity contribution in [3.05, 3.63) is 0 Å². The average molecular weight is 451 g/mol. The van der Waals surface area contributed by atoms with Crippen molar-refractivity contribution in [2.24, 2.45) is 0 Å². The van der Waals surface area contributed by atoms with Gasteiger partial charge in [-0.1, -0.05) is 5.92 Å². The van der Waals surface area contributed by atoms with Gasteiger partial charge in [0.2, 0.25) is 0 Å². The largest absolute Gasteiger partial charge is 0.463 e. The monoisotopic (exact) mass is 450 g/mol. The fourth-order valence-electron chi connectivity index (χ4n) is 1.91. The lowest BCUT2D eigenvalue weighted by molar-refractivity contribution is -0.142. The van der Waals surface area contributed by atoms with Crippen molar-refractivity contribution < 1.29 is 47.4 Å². The molecular formula is C21H38O10. The predicted molar refractivity (Wildman–Crippen MR) is 112 cm³/mol. The Labute approximate surface area is 185 Å².